The number of fused-ring (bicyclic) bond motifs is 4. The third-order valence-electron chi connectivity index (χ3n) is 17.5. The van der Waals surface area contributed by atoms with Crippen molar-refractivity contribution in [3.05, 3.63) is 196 Å². The van der Waals surface area contributed by atoms with Crippen LogP contribution in [0, 0.1) is 20.8 Å². The van der Waals surface area contributed by atoms with Crippen LogP contribution in [0.25, 0.3) is 43.1 Å². The molecule has 0 spiro atoms. The molecule has 9 aromatic carbocycles. The molecule has 420 valence electrons. The van der Waals surface area contributed by atoms with Gasteiger partial charge in [0.2, 0.25) is 0 Å². The van der Waals surface area contributed by atoms with Gasteiger partial charge in [-0.25, -0.2) is 0 Å². The highest BCUT2D eigenvalue weighted by Crippen LogP contribution is 2.37. The molecule has 9 rings (SSSR count). The standard InChI is InChI=1S/C19H20O.C15H18O2.C15H18.C13H20O.C12H18O/c1-4-19(2,3)17-7-5-13-10-16-12-18(20)8-6-14(16)9-15(13)11-17;1-4-15(2,3)12-6-5-10-8-13(16)14(17)9-11(10)7-12;1-4-15(2,3)14-10-9-12-7-5-6-8-13(12)11-14;1-6-13(4,5)11-7-9(2)12(14)10(3)8-11;1-5-12(3,4)10-6-7-11(13)9(2)8-10/h5-12,20H,4H2,1-3H3;5-9,16-17H,4H2,1-3H3;5-11H,4H2,1-3H3;7-8,14H,6H2,1-5H3;6-8,13H,5H2,1-4H3. The van der Waals surface area contributed by atoms with E-state index in [-0.39, 0.29) is 38.6 Å². The number of aromatic hydroxyl groups is 5. The highest BCUT2D eigenvalue weighted by molar-refractivity contribution is 5.99. The van der Waals surface area contributed by atoms with Gasteiger partial charge in [-0.15, -0.1) is 0 Å². The van der Waals surface area contributed by atoms with Crippen molar-refractivity contribution in [2.24, 2.45) is 0 Å². The fourth-order valence-corrected chi connectivity index (χ4v) is 9.15. The van der Waals surface area contributed by atoms with Gasteiger partial charge in [0.05, 0.1) is 0 Å². The Morgan fingerprint density at radius 2 is 0.570 bits per heavy atom. The quantitative estimate of drug-likeness (QED) is 0.0694. The molecule has 0 heterocycles. The van der Waals surface area contributed by atoms with Crippen molar-refractivity contribution in [3.8, 4) is 28.7 Å². The molecular formula is C74H94O5. The average molecular weight is 1060 g/mol. The van der Waals surface area contributed by atoms with Crippen molar-refractivity contribution in [3.63, 3.8) is 0 Å². The minimum absolute atomic E-state index is 0.0658. The first-order valence-corrected chi connectivity index (χ1v) is 28.7. The van der Waals surface area contributed by atoms with Gasteiger partial charge in [-0.05, 0) is 210 Å². The van der Waals surface area contributed by atoms with Gasteiger partial charge in [0, 0.05) is 0 Å². The van der Waals surface area contributed by atoms with Crippen LogP contribution in [0.4, 0.5) is 0 Å². The number of phenolic OH excluding ortho intramolecular Hbond substituents is 5. The Bertz CT molecular complexity index is 3470. The molecule has 0 aromatic heterocycles. The van der Waals surface area contributed by atoms with Crippen LogP contribution in [-0.2, 0) is 27.1 Å². The largest absolute Gasteiger partial charge is 0.508 e. The summed E-state index contributed by atoms with van der Waals surface area (Å²) in [6.45, 7) is 39.4. The van der Waals surface area contributed by atoms with Crippen molar-refractivity contribution in [1.82, 2.24) is 0 Å². The molecule has 0 saturated heterocycles. The van der Waals surface area contributed by atoms with E-state index < -0.39 is 0 Å². The second-order valence-electron chi connectivity index (χ2n) is 25.1. The van der Waals surface area contributed by atoms with Crippen LogP contribution in [0.3, 0.4) is 0 Å². The molecule has 79 heavy (non-hydrogen) atoms. The van der Waals surface area contributed by atoms with E-state index in [0.717, 1.165) is 58.5 Å². The number of phenols is 5. The molecule has 0 radical (unpaired) electrons. The monoisotopic (exact) mass is 1060 g/mol. The number of rotatable bonds is 10. The van der Waals surface area contributed by atoms with Gasteiger partial charge < -0.3 is 25.5 Å². The molecule has 0 aliphatic rings. The van der Waals surface area contributed by atoms with Crippen LogP contribution < -0.4 is 0 Å². The zero-order valence-electron chi connectivity index (χ0n) is 51.2. The zero-order valence-corrected chi connectivity index (χ0v) is 51.2. The zero-order chi connectivity index (χ0) is 58.8. The van der Waals surface area contributed by atoms with Gasteiger partial charge in [-0.3, -0.25) is 0 Å². The summed E-state index contributed by atoms with van der Waals surface area (Å²) in [5, 5.41) is 56.9. The molecule has 0 fully saturated rings. The average Bonchev–Trinajstić information content (AvgIpc) is 3.44. The van der Waals surface area contributed by atoms with Crippen LogP contribution in [0.2, 0.25) is 0 Å². The maximum Gasteiger partial charge on any atom is 0.158 e. The van der Waals surface area contributed by atoms with E-state index in [9.17, 15) is 25.5 Å². The summed E-state index contributed by atoms with van der Waals surface area (Å²) in [6.07, 6.45) is 5.57. The third kappa shape index (κ3) is 15.9. The van der Waals surface area contributed by atoms with E-state index in [1.165, 1.54) is 61.2 Å². The first-order chi connectivity index (χ1) is 36.9. The molecule has 0 bridgehead atoms. The van der Waals surface area contributed by atoms with E-state index >= 15 is 0 Å². The first kappa shape index (κ1) is 62.9. The molecule has 5 heteroatoms. The van der Waals surface area contributed by atoms with E-state index in [1.54, 1.807) is 24.3 Å². The predicted molar refractivity (Wildman–Crippen MR) is 341 cm³/mol. The number of benzene rings is 9. The smallest absolute Gasteiger partial charge is 0.158 e. The molecule has 0 unspecified atom stereocenters. The van der Waals surface area contributed by atoms with Crippen LogP contribution in [0.15, 0.2) is 152 Å². The fourth-order valence-electron chi connectivity index (χ4n) is 9.15. The lowest BCUT2D eigenvalue weighted by Gasteiger charge is -2.24. The topological polar surface area (TPSA) is 101 Å². The van der Waals surface area contributed by atoms with Gasteiger partial charge in [0.15, 0.2) is 11.5 Å². The molecule has 0 aliphatic carbocycles. The van der Waals surface area contributed by atoms with Crippen molar-refractivity contribution >= 4 is 43.1 Å². The first-order valence-electron chi connectivity index (χ1n) is 28.7. The molecular weight excluding hydrogens is 969 g/mol. The summed E-state index contributed by atoms with van der Waals surface area (Å²) in [7, 11) is 0. The second-order valence-corrected chi connectivity index (χ2v) is 25.1. The van der Waals surface area contributed by atoms with Gasteiger partial charge in [-0.2, -0.15) is 0 Å². The van der Waals surface area contributed by atoms with Crippen molar-refractivity contribution in [2.45, 2.75) is 184 Å². The number of hydrogen-bond donors (Lipinski definition) is 5. The number of aryl methyl sites for hydroxylation is 3. The third-order valence-corrected chi connectivity index (χ3v) is 17.5. The van der Waals surface area contributed by atoms with Gasteiger partial charge >= 0.3 is 0 Å². The van der Waals surface area contributed by atoms with Crippen LogP contribution in [-0.4, -0.2) is 25.5 Å². The Labute approximate surface area is 475 Å². The predicted octanol–water partition coefficient (Wildman–Crippen LogP) is 20.9. The summed E-state index contributed by atoms with van der Waals surface area (Å²) < 4.78 is 0. The maximum absolute atomic E-state index is 9.67. The van der Waals surface area contributed by atoms with Crippen LogP contribution >= 0.6 is 0 Å². The lowest BCUT2D eigenvalue weighted by molar-refractivity contribution is 0.405. The van der Waals surface area contributed by atoms with E-state index in [0.29, 0.717) is 17.2 Å². The maximum atomic E-state index is 9.67. The minimum Gasteiger partial charge on any atom is -0.508 e. The van der Waals surface area contributed by atoms with E-state index in [1.807, 2.05) is 45.0 Å². The summed E-state index contributed by atoms with van der Waals surface area (Å²) in [5.41, 5.74) is 10.6. The Morgan fingerprint density at radius 1 is 0.266 bits per heavy atom. The molecule has 0 saturated carbocycles. The highest BCUT2D eigenvalue weighted by Gasteiger charge is 2.22. The molecule has 9 aromatic rings. The van der Waals surface area contributed by atoms with E-state index in [4.69, 9.17) is 0 Å². The molecule has 0 aliphatic heterocycles. The Hall–Kier alpha value is -6.98. The minimum atomic E-state index is -0.0694. The second kappa shape index (κ2) is 25.9. The normalized spacial score (nSPS) is 11.9. The molecule has 5 N–H and O–H groups in total. The van der Waals surface area contributed by atoms with Crippen molar-refractivity contribution in [1.29, 1.82) is 0 Å². The highest BCUT2D eigenvalue weighted by atomic mass is 16.3. The summed E-state index contributed by atoms with van der Waals surface area (Å²) in [5.74, 6) is 1.00. The fraction of sp³-hybridized carbons (Fsp3) is 0.378. The lowest BCUT2D eigenvalue weighted by Crippen LogP contribution is -2.15. The molecule has 0 atom stereocenters. The van der Waals surface area contributed by atoms with Crippen LogP contribution in [0.1, 0.15) is 180 Å². The van der Waals surface area contributed by atoms with E-state index in [2.05, 4.69) is 207 Å². The number of hydrogen-bond acceptors (Lipinski definition) is 5. The Balaban J connectivity index is 0.000000183. The van der Waals surface area contributed by atoms with Gasteiger partial charge in [0.1, 0.15) is 17.2 Å². The van der Waals surface area contributed by atoms with Crippen LogP contribution in [0.5, 0.6) is 28.7 Å². The van der Waals surface area contributed by atoms with Crippen molar-refractivity contribution < 1.29 is 25.5 Å². The summed E-state index contributed by atoms with van der Waals surface area (Å²) in [4.78, 5) is 0. The molecule has 5 nitrogen and oxygen atoms in total. The summed E-state index contributed by atoms with van der Waals surface area (Å²) in [6, 6.07) is 51.3. The Morgan fingerprint density at radius 3 is 1.01 bits per heavy atom. The summed E-state index contributed by atoms with van der Waals surface area (Å²) >= 11 is 0. The SMILES string of the molecule is CCC(C)(C)c1cc(C)c(O)c(C)c1.CCC(C)(C)c1ccc(O)c(C)c1.CCC(C)(C)c1ccc2cc(O)c(O)cc2c1.CCC(C)(C)c1ccc2cc3cc(O)ccc3cc2c1.CCC(C)(C)c1ccc2ccccc2c1. The van der Waals surface area contributed by atoms with Gasteiger partial charge in [-0.1, -0.05) is 213 Å². The molecule has 0 amide bonds. The van der Waals surface area contributed by atoms with Gasteiger partial charge in [0.25, 0.3) is 0 Å². The lowest BCUT2D eigenvalue weighted by atomic mass is 9.81. The van der Waals surface area contributed by atoms with Crippen molar-refractivity contribution in [2.75, 3.05) is 0 Å². The Kier molecular flexibility index (Phi) is 20.6.